The predicted molar refractivity (Wildman–Crippen MR) is 81.8 cm³/mol. The SMILES string of the molecule is CCC(CC)CCN(NC(=O)OC(C)C)C(=O)OC(C)C. The zero-order valence-electron chi connectivity index (χ0n) is 14.1. The normalized spacial score (nSPS) is 10.9. The minimum absolute atomic E-state index is 0.240. The quantitative estimate of drug-likeness (QED) is 0.728. The Hall–Kier alpha value is -1.46. The van der Waals surface area contributed by atoms with Crippen LogP contribution in [0.15, 0.2) is 0 Å². The number of amides is 2. The zero-order valence-corrected chi connectivity index (χ0v) is 14.1. The van der Waals surface area contributed by atoms with E-state index in [2.05, 4.69) is 19.3 Å². The average Bonchev–Trinajstić information content (AvgIpc) is 2.36. The molecule has 0 unspecified atom stereocenters. The van der Waals surface area contributed by atoms with Crippen molar-refractivity contribution < 1.29 is 19.1 Å². The summed E-state index contributed by atoms with van der Waals surface area (Å²) in [7, 11) is 0. The lowest BCUT2D eigenvalue weighted by Crippen LogP contribution is -2.48. The molecule has 0 spiro atoms. The number of ether oxygens (including phenoxy) is 2. The van der Waals surface area contributed by atoms with Crippen molar-refractivity contribution >= 4 is 12.2 Å². The highest BCUT2D eigenvalue weighted by Crippen LogP contribution is 2.13. The molecule has 0 saturated carbocycles. The van der Waals surface area contributed by atoms with Gasteiger partial charge in [-0.1, -0.05) is 26.7 Å². The Morgan fingerprint density at radius 2 is 1.52 bits per heavy atom. The largest absolute Gasteiger partial charge is 0.446 e. The van der Waals surface area contributed by atoms with E-state index in [1.54, 1.807) is 27.7 Å². The third-order valence-electron chi connectivity index (χ3n) is 3.04. The fourth-order valence-electron chi connectivity index (χ4n) is 1.82. The number of rotatable bonds is 7. The van der Waals surface area contributed by atoms with E-state index in [0.717, 1.165) is 19.3 Å². The lowest BCUT2D eigenvalue weighted by Gasteiger charge is -2.25. The molecule has 6 heteroatoms. The predicted octanol–water partition coefficient (Wildman–Crippen LogP) is 3.71. The van der Waals surface area contributed by atoms with Crippen LogP contribution in [0.4, 0.5) is 9.59 Å². The van der Waals surface area contributed by atoms with E-state index in [1.165, 1.54) is 5.01 Å². The number of nitrogens with zero attached hydrogens (tertiary/aromatic N) is 1. The van der Waals surface area contributed by atoms with Crippen molar-refractivity contribution in [3.8, 4) is 0 Å². The highest BCUT2D eigenvalue weighted by Gasteiger charge is 2.21. The van der Waals surface area contributed by atoms with Gasteiger partial charge in [0.15, 0.2) is 0 Å². The minimum atomic E-state index is -0.643. The molecule has 0 rings (SSSR count). The van der Waals surface area contributed by atoms with Crippen LogP contribution in [0.25, 0.3) is 0 Å². The molecule has 0 atom stereocenters. The summed E-state index contributed by atoms with van der Waals surface area (Å²) in [4.78, 5) is 23.7. The molecule has 0 aliphatic heterocycles. The van der Waals surface area contributed by atoms with Crippen LogP contribution in [-0.2, 0) is 9.47 Å². The van der Waals surface area contributed by atoms with Crippen molar-refractivity contribution in [3.05, 3.63) is 0 Å². The topological polar surface area (TPSA) is 67.9 Å². The third kappa shape index (κ3) is 9.15. The molecular formula is C15H30N2O4. The summed E-state index contributed by atoms with van der Waals surface area (Å²) in [6.07, 6.45) is 1.21. The fourth-order valence-corrected chi connectivity index (χ4v) is 1.82. The molecule has 0 aromatic carbocycles. The molecule has 0 saturated heterocycles. The molecule has 0 fully saturated rings. The summed E-state index contributed by atoms with van der Waals surface area (Å²) in [5.74, 6) is 0.516. The molecule has 0 bridgehead atoms. The van der Waals surface area contributed by atoms with Gasteiger partial charge in [-0.3, -0.25) is 0 Å². The zero-order chi connectivity index (χ0) is 16.4. The van der Waals surface area contributed by atoms with Gasteiger partial charge in [0.1, 0.15) is 0 Å². The van der Waals surface area contributed by atoms with E-state index in [4.69, 9.17) is 9.47 Å². The van der Waals surface area contributed by atoms with Gasteiger partial charge < -0.3 is 9.47 Å². The van der Waals surface area contributed by atoms with Crippen molar-refractivity contribution in [1.82, 2.24) is 10.4 Å². The van der Waals surface area contributed by atoms with E-state index in [-0.39, 0.29) is 12.2 Å². The lowest BCUT2D eigenvalue weighted by molar-refractivity contribution is 0.0451. The summed E-state index contributed by atoms with van der Waals surface area (Å²) < 4.78 is 10.1. The first-order chi connectivity index (χ1) is 9.79. The Bertz CT molecular complexity index is 315. The van der Waals surface area contributed by atoms with Crippen LogP contribution in [0.5, 0.6) is 0 Å². The first kappa shape index (κ1) is 19.5. The van der Waals surface area contributed by atoms with Crippen LogP contribution in [0.1, 0.15) is 60.8 Å². The number of nitrogens with one attached hydrogen (secondary N) is 1. The second-order valence-electron chi connectivity index (χ2n) is 5.62. The van der Waals surface area contributed by atoms with Gasteiger partial charge in [-0.25, -0.2) is 20.0 Å². The lowest BCUT2D eigenvalue weighted by atomic mass is 10.00. The van der Waals surface area contributed by atoms with Crippen LogP contribution >= 0.6 is 0 Å². The van der Waals surface area contributed by atoms with E-state index < -0.39 is 12.2 Å². The molecule has 1 N–H and O–H groups in total. The van der Waals surface area contributed by atoms with Gasteiger partial charge in [0.05, 0.1) is 12.2 Å². The smallest absolute Gasteiger partial charge is 0.429 e. The Labute approximate surface area is 128 Å². The van der Waals surface area contributed by atoms with Gasteiger partial charge in [0.2, 0.25) is 0 Å². The standard InChI is InChI=1S/C15H30N2O4/c1-7-13(8-2)9-10-17(15(19)21-12(5)6)16-14(18)20-11(3)4/h11-13H,7-10H2,1-6H3,(H,16,18). The minimum Gasteiger partial charge on any atom is -0.446 e. The fraction of sp³-hybridized carbons (Fsp3) is 0.867. The molecule has 6 nitrogen and oxygen atoms in total. The average molecular weight is 302 g/mol. The third-order valence-corrected chi connectivity index (χ3v) is 3.04. The van der Waals surface area contributed by atoms with E-state index in [1.807, 2.05) is 0 Å². The molecule has 0 aliphatic rings. The Balaban J connectivity index is 4.60. The van der Waals surface area contributed by atoms with Crippen LogP contribution < -0.4 is 5.43 Å². The van der Waals surface area contributed by atoms with Gasteiger partial charge in [-0.2, -0.15) is 0 Å². The van der Waals surface area contributed by atoms with Gasteiger partial charge in [-0.15, -0.1) is 0 Å². The number of hydrazine groups is 1. The Morgan fingerprint density at radius 1 is 1.00 bits per heavy atom. The molecular weight excluding hydrogens is 272 g/mol. The number of carbonyl (C=O) groups excluding carboxylic acids is 2. The summed E-state index contributed by atoms with van der Waals surface area (Å²) in [6.45, 7) is 11.7. The second-order valence-corrected chi connectivity index (χ2v) is 5.62. The van der Waals surface area contributed by atoms with Gasteiger partial charge in [-0.05, 0) is 40.0 Å². The van der Waals surface area contributed by atoms with Crippen molar-refractivity contribution in [1.29, 1.82) is 0 Å². The van der Waals surface area contributed by atoms with Crippen molar-refractivity contribution in [2.24, 2.45) is 5.92 Å². The van der Waals surface area contributed by atoms with E-state index in [9.17, 15) is 9.59 Å². The molecule has 0 heterocycles. The van der Waals surface area contributed by atoms with Gasteiger partial charge in [0, 0.05) is 6.54 Å². The first-order valence-corrected chi connectivity index (χ1v) is 7.75. The maximum Gasteiger partial charge on any atom is 0.429 e. The molecule has 0 radical (unpaired) electrons. The summed E-state index contributed by atoms with van der Waals surface area (Å²) in [5.41, 5.74) is 2.45. The summed E-state index contributed by atoms with van der Waals surface area (Å²) >= 11 is 0. The van der Waals surface area contributed by atoms with Crippen LogP contribution in [0.2, 0.25) is 0 Å². The highest BCUT2D eigenvalue weighted by molar-refractivity contribution is 5.74. The van der Waals surface area contributed by atoms with Crippen molar-refractivity contribution in [2.75, 3.05) is 6.54 Å². The molecule has 124 valence electrons. The second kappa shape index (κ2) is 10.3. The van der Waals surface area contributed by atoms with Crippen molar-refractivity contribution in [2.45, 2.75) is 73.0 Å². The van der Waals surface area contributed by atoms with Gasteiger partial charge >= 0.3 is 12.2 Å². The summed E-state index contributed by atoms with van der Waals surface area (Å²) in [6, 6.07) is 0. The van der Waals surface area contributed by atoms with Gasteiger partial charge in [0.25, 0.3) is 0 Å². The maximum atomic E-state index is 12.0. The van der Waals surface area contributed by atoms with Crippen molar-refractivity contribution in [3.63, 3.8) is 0 Å². The van der Waals surface area contributed by atoms with Crippen LogP contribution in [0, 0.1) is 5.92 Å². The molecule has 0 aliphatic carbocycles. The molecule has 0 aromatic rings. The van der Waals surface area contributed by atoms with E-state index in [0.29, 0.717) is 12.5 Å². The summed E-state index contributed by atoms with van der Waals surface area (Å²) in [5, 5.41) is 1.20. The number of hydrogen-bond donors (Lipinski definition) is 1. The maximum absolute atomic E-state index is 12.0. The first-order valence-electron chi connectivity index (χ1n) is 7.75. The molecule has 0 aromatic heterocycles. The monoisotopic (exact) mass is 302 g/mol. The number of carbonyl (C=O) groups is 2. The Kier molecular flexibility index (Phi) is 9.58. The van der Waals surface area contributed by atoms with Crippen LogP contribution in [0.3, 0.4) is 0 Å². The van der Waals surface area contributed by atoms with E-state index >= 15 is 0 Å². The van der Waals surface area contributed by atoms with Crippen LogP contribution in [-0.4, -0.2) is 35.9 Å². The Morgan fingerprint density at radius 3 is 1.95 bits per heavy atom. The molecule has 21 heavy (non-hydrogen) atoms. The molecule has 2 amide bonds. The highest BCUT2D eigenvalue weighted by atomic mass is 16.6. The number of hydrogen-bond acceptors (Lipinski definition) is 4.